The zero-order valence-electron chi connectivity index (χ0n) is 15.4. The maximum atomic E-state index is 6.92. The van der Waals surface area contributed by atoms with E-state index in [0.29, 0.717) is 19.9 Å². The molecule has 2 heterocycles. The minimum absolute atomic E-state index is 0.297. The lowest BCUT2D eigenvalue weighted by atomic mass is 9.75. The number of halogens is 2. The Morgan fingerprint density at radius 3 is 2.77 bits per heavy atom. The maximum absolute atomic E-state index is 6.92. The van der Waals surface area contributed by atoms with Crippen LogP contribution >= 0.6 is 27.5 Å². The van der Waals surface area contributed by atoms with E-state index < -0.39 is 8.07 Å². The second-order valence-corrected chi connectivity index (χ2v) is 15.0. The van der Waals surface area contributed by atoms with Gasteiger partial charge in [0, 0.05) is 19.2 Å². The Labute approximate surface area is 169 Å². The smallest absolute Gasteiger partial charge is 0.148 e. The summed E-state index contributed by atoms with van der Waals surface area (Å²) in [5, 5.41) is 3.97. The largest absolute Gasteiger partial charge is 0.379 e. The Balaban J connectivity index is 1.73. The number of aromatic nitrogens is 3. The highest BCUT2D eigenvalue weighted by molar-refractivity contribution is 9.10. The second-order valence-electron chi connectivity index (χ2n) is 7.99. The fourth-order valence-corrected chi connectivity index (χ4v) is 4.50. The Morgan fingerprint density at radius 2 is 2.15 bits per heavy atom. The molecule has 1 fully saturated rings. The van der Waals surface area contributed by atoms with Crippen molar-refractivity contribution in [2.24, 2.45) is 0 Å². The van der Waals surface area contributed by atoms with Crippen molar-refractivity contribution in [3.8, 4) is 0 Å². The number of ether oxygens (including phenoxy) is 2. The summed E-state index contributed by atoms with van der Waals surface area (Å²) in [4.78, 5) is 4.42. The molecule has 1 atom stereocenters. The standard InChI is InChI=1S/C18H25BrClN3O2Si/c1-26(2,3)8-7-24-13-23-17(21-12-22-23)16(20)18(10-25-11-18)14-5-4-6-15(19)9-14/h4-6,9,12,16H,7-8,10-11,13H2,1-3H3. The fraction of sp³-hybridized carbons (Fsp3) is 0.556. The van der Waals surface area contributed by atoms with E-state index in [1.165, 1.54) is 0 Å². The third-order valence-electron chi connectivity index (χ3n) is 4.69. The third-order valence-corrected chi connectivity index (χ3v) is 7.50. The molecule has 0 spiro atoms. The SMILES string of the molecule is C[Si](C)(C)CCOCn1ncnc1C(Cl)C1(c2cccc(Br)c2)COC1. The maximum Gasteiger partial charge on any atom is 0.148 e. The van der Waals surface area contributed by atoms with Crippen molar-refractivity contribution in [1.82, 2.24) is 14.8 Å². The number of alkyl halides is 1. The molecule has 1 aliphatic rings. The second kappa shape index (κ2) is 8.10. The van der Waals surface area contributed by atoms with Gasteiger partial charge in [-0.2, -0.15) is 5.10 Å². The zero-order valence-corrected chi connectivity index (χ0v) is 18.8. The first-order valence-corrected chi connectivity index (χ1v) is 13.7. The lowest BCUT2D eigenvalue weighted by Crippen LogP contribution is -2.50. The van der Waals surface area contributed by atoms with Crippen LogP contribution in [0.5, 0.6) is 0 Å². The average molecular weight is 459 g/mol. The van der Waals surface area contributed by atoms with Crippen LogP contribution in [-0.4, -0.2) is 42.7 Å². The molecule has 8 heteroatoms. The van der Waals surface area contributed by atoms with Crippen LogP contribution in [0.4, 0.5) is 0 Å². The molecule has 1 saturated heterocycles. The van der Waals surface area contributed by atoms with Gasteiger partial charge in [-0.05, 0) is 23.7 Å². The van der Waals surface area contributed by atoms with Crippen LogP contribution in [0.3, 0.4) is 0 Å². The predicted molar refractivity (Wildman–Crippen MR) is 109 cm³/mol. The van der Waals surface area contributed by atoms with E-state index in [4.69, 9.17) is 21.1 Å². The lowest BCUT2D eigenvalue weighted by molar-refractivity contribution is -0.0647. The molecule has 0 radical (unpaired) electrons. The van der Waals surface area contributed by atoms with E-state index in [1.807, 2.05) is 12.1 Å². The molecular weight excluding hydrogens is 434 g/mol. The Morgan fingerprint density at radius 1 is 1.38 bits per heavy atom. The number of nitrogens with zero attached hydrogens (tertiary/aromatic N) is 3. The Bertz CT molecular complexity index is 746. The summed E-state index contributed by atoms with van der Waals surface area (Å²) in [6.45, 7) is 9.27. The molecule has 0 aliphatic carbocycles. The molecule has 1 aromatic heterocycles. The molecule has 5 nitrogen and oxygen atoms in total. The predicted octanol–water partition coefficient (Wildman–Crippen LogP) is 4.60. The van der Waals surface area contributed by atoms with Crippen LogP contribution in [0.2, 0.25) is 25.7 Å². The van der Waals surface area contributed by atoms with Gasteiger partial charge in [-0.25, -0.2) is 9.67 Å². The van der Waals surface area contributed by atoms with Gasteiger partial charge in [-0.15, -0.1) is 11.6 Å². The van der Waals surface area contributed by atoms with Gasteiger partial charge in [0.15, 0.2) is 0 Å². The Kier molecular flexibility index (Phi) is 6.24. The molecule has 1 aliphatic heterocycles. The van der Waals surface area contributed by atoms with Gasteiger partial charge in [-0.3, -0.25) is 0 Å². The molecule has 26 heavy (non-hydrogen) atoms. The average Bonchev–Trinajstić information content (AvgIpc) is 2.98. The first-order valence-electron chi connectivity index (χ1n) is 8.75. The summed E-state index contributed by atoms with van der Waals surface area (Å²) in [5.74, 6) is 0.725. The van der Waals surface area contributed by atoms with Gasteiger partial charge in [0.2, 0.25) is 0 Å². The van der Waals surface area contributed by atoms with Gasteiger partial charge >= 0.3 is 0 Å². The summed E-state index contributed by atoms with van der Waals surface area (Å²) < 4.78 is 14.2. The molecule has 2 aromatic rings. The minimum atomic E-state index is -1.11. The summed E-state index contributed by atoms with van der Waals surface area (Å²) in [6.07, 6.45) is 1.54. The first kappa shape index (κ1) is 20.0. The highest BCUT2D eigenvalue weighted by Gasteiger charge is 2.49. The van der Waals surface area contributed by atoms with E-state index in [9.17, 15) is 0 Å². The van der Waals surface area contributed by atoms with Gasteiger partial charge in [-0.1, -0.05) is 47.7 Å². The number of benzene rings is 1. The fourth-order valence-electron chi connectivity index (χ4n) is 2.92. The highest BCUT2D eigenvalue weighted by Crippen LogP contribution is 2.47. The van der Waals surface area contributed by atoms with E-state index in [2.05, 4.69) is 57.8 Å². The normalized spacial score (nSPS) is 17.7. The highest BCUT2D eigenvalue weighted by atomic mass is 79.9. The van der Waals surface area contributed by atoms with Crippen molar-refractivity contribution < 1.29 is 9.47 Å². The van der Waals surface area contributed by atoms with Crippen LogP contribution in [0, 0.1) is 0 Å². The van der Waals surface area contributed by atoms with Gasteiger partial charge in [0.1, 0.15) is 24.3 Å². The van der Waals surface area contributed by atoms with Crippen molar-refractivity contribution >= 4 is 35.6 Å². The van der Waals surface area contributed by atoms with Crippen LogP contribution < -0.4 is 0 Å². The van der Waals surface area contributed by atoms with Crippen LogP contribution in [0.25, 0.3) is 0 Å². The van der Waals surface area contributed by atoms with Gasteiger partial charge in [0.05, 0.1) is 18.6 Å². The van der Waals surface area contributed by atoms with Crippen molar-refractivity contribution in [3.05, 3.63) is 46.5 Å². The molecule has 1 aromatic carbocycles. The number of hydrogen-bond donors (Lipinski definition) is 0. The first-order chi connectivity index (χ1) is 12.3. The topological polar surface area (TPSA) is 49.2 Å². The summed E-state index contributed by atoms with van der Waals surface area (Å²) in [7, 11) is -1.11. The molecule has 0 N–H and O–H groups in total. The van der Waals surface area contributed by atoms with E-state index in [-0.39, 0.29) is 10.8 Å². The summed E-state index contributed by atoms with van der Waals surface area (Å²) >= 11 is 10.5. The molecular formula is C18H25BrClN3O2Si. The van der Waals surface area contributed by atoms with Crippen LogP contribution in [0.15, 0.2) is 35.1 Å². The van der Waals surface area contributed by atoms with Crippen LogP contribution in [-0.2, 0) is 21.6 Å². The monoisotopic (exact) mass is 457 g/mol. The van der Waals surface area contributed by atoms with Crippen molar-refractivity contribution in [3.63, 3.8) is 0 Å². The van der Waals surface area contributed by atoms with E-state index in [0.717, 1.165) is 28.5 Å². The number of hydrogen-bond acceptors (Lipinski definition) is 4. The summed E-state index contributed by atoms with van der Waals surface area (Å²) in [5.41, 5.74) is 0.848. The number of rotatable bonds is 8. The molecule has 1 unspecified atom stereocenters. The molecule has 0 bridgehead atoms. The molecule has 0 amide bonds. The minimum Gasteiger partial charge on any atom is -0.379 e. The lowest BCUT2D eigenvalue weighted by Gasteiger charge is -2.44. The van der Waals surface area contributed by atoms with Gasteiger partial charge in [0.25, 0.3) is 0 Å². The third kappa shape index (κ3) is 4.39. The molecule has 0 saturated carbocycles. The zero-order chi connectivity index (χ0) is 18.8. The van der Waals surface area contributed by atoms with E-state index >= 15 is 0 Å². The molecule has 142 valence electrons. The van der Waals surface area contributed by atoms with Crippen molar-refractivity contribution in [2.75, 3.05) is 19.8 Å². The quantitative estimate of drug-likeness (QED) is 0.329. The van der Waals surface area contributed by atoms with Crippen molar-refractivity contribution in [1.29, 1.82) is 0 Å². The van der Waals surface area contributed by atoms with Crippen LogP contribution in [0.1, 0.15) is 16.8 Å². The van der Waals surface area contributed by atoms with E-state index in [1.54, 1.807) is 11.0 Å². The Hall–Kier alpha value is -0.733. The van der Waals surface area contributed by atoms with Crippen molar-refractivity contribution in [2.45, 2.75) is 43.2 Å². The molecule has 3 rings (SSSR count). The summed E-state index contributed by atoms with van der Waals surface area (Å²) in [6, 6.07) is 9.34. The van der Waals surface area contributed by atoms with Gasteiger partial charge < -0.3 is 9.47 Å².